The lowest BCUT2D eigenvalue weighted by Crippen LogP contribution is -2.52. The number of nitrogens with two attached hydrogens (primary N) is 1. The van der Waals surface area contributed by atoms with Gasteiger partial charge in [-0.05, 0) is 32.1 Å². The number of urea groups is 1. The van der Waals surface area contributed by atoms with Crippen molar-refractivity contribution in [3.05, 3.63) is 0 Å². The molecule has 0 aromatic heterocycles. The Morgan fingerprint density at radius 1 is 1.39 bits per heavy atom. The van der Waals surface area contributed by atoms with Gasteiger partial charge in [0.1, 0.15) is 0 Å². The predicted molar refractivity (Wildman–Crippen MR) is 65.7 cm³/mol. The summed E-state index contributed by atoms with van der Waals surface area (Å²) in [5, 5.41) is 12.7. The molecule has 0 radical (unpaired) electrons. The molecule has 2 rings (SSSR count). The molecule has 6 nitrogen and oxygen atoms in total. The summed E-state index contributed by atoms with van der Waals surface area (Å²) in [5.41, 5.74) is 4.52. The monoisotopic (exact) mass is 255 g/mol. The Balaban J connectivity index is 1.79. The van der Waals surface area contributed by atoms with Crippen molar-refractivity contribution in [1.82, 2.24) is 10.2 Å². The molecule has 1 saturated heterocycles. The van der Waals surface area contributed by atoms with Gasteiger partial charge in [0, 0.05) is 19.6 Å². The van der Waals surface area contributed by atoms with Crippen molar-refractivity contribution in [3.63, 3.8) is 0 Å². The number of nitrogens with zero attached hydrogens (tertiary/aromatic N) is 1. The number of primary amides is 1. The van der Waals surface area contributed by atoms with Crippen molar-refractivity contribution in [2.75, 3.05) is 19.6 Å². The lowest BCUT2D eigenvalue weighted by Gasteiger charge is -2.37. The zero-order valence-electron chi connectivity index (χ0n) is 10.5. The summed E-state index contributed by atoms with van der Waals surface area (Å²) in [7, 11) is 0. The smallest absolute Gasteiger partial charge is 0.314 e. The van der Waals surface area contributed by atoms with Gasteiger partial charge in [0.05, 0.1) is 11.5 Å². The SMILES string of the molecule is NC(=O)N1CCCC(C(=O)NCC2(O)CCC2)C1. The van der Waals surface area contributed by atoms with Crippen LogP contribution in [0.3, 0.4) is 0 Å². The highest BCUT2D eigenvalue weighted by atomic mass is 16.3. The van der Waals surface area contributed by atoms with Crippen molar-refractivity contribution in [2.24, 2.45) is 11.7 Å². The molecule has 0 aromatic rings. The van der Waals surface area contributed by atoms with Crippen molar-refractivity contribution in [2.45, 2.75) is 37.7 Å². The molecule has 2 fully saturated rings. The normalized spacial score (nSPS) is 26.3. The average molecular weight is 255 g/mol. The van der Waals surface area contributed by atoms with E-state index >= 15 is 0 Å². The van der Waals surface area contributed by atoms with Crippen LogP contribution in [0.2, 0.25) is 0 Å². The zero-order chi connectivity index (χ0) is 13.2. The molecule has 1 unspecified atom stereocenters. The van der Waals surface area contributed by atoms with Crippen molar-refractivity contribution >= 4 is 11.9 Å². The second-order valence-corrected chi connectivity index (χ2v) is 5.42. The van der Waals surface area contributed by atoms with Crippen LogP contribution in [-0.2, 0) is 4.79 Å². The Morgan fingerprint density at radius 2 is 2.11 bits per heavy atom. The van der Waals surface area contributed by atoms with Gasteiger partial charge in [0.15, 0.2) is 0 Å². The third-order valence-electron chi connectivity index (χ3n) is 3.98. The van der Waals surface area contributed by atoms with E-state index in [9.17, 15) is 14.7 Å². The van der Waals surface area contributed by atoms with Crippen LogP contribution in [0.4, 0.5) is 4.79 Å². The van der Waals surface area contributed by atoms with Crippen molar-refractivity contribution < 1.29 is 14.7 Å². The maximum atomic E-state index is 12.0. The highest BCUT2D eigenvalue weighted by molar-refractivity contribution is 5.80. The van der Waals surface area contributed by atoms with E-state index in [1.165, 1.54) is 4.90 Å². The number of carbonyl (C=O) groups is 2. The molecular formula is C12H21N3O3. The van der Waals surface area contributed by atoms with Gasteiger partial charge in [0.25, 0.3) is 0 Å². The number of amides is 3. The van der Waals surface area contributed by atoms with Crippen LogP contribution >= 0.6 is 0 Å². The summed E-state index contributed by atoms with van der Waals surface area (Å²) in [6.07, 6.45) is 4.10. The molecule has 1 aliphatic carbocycles. The molecule has 6 heteroatoms. The van der Waals surface area contributed by atoms with Crippen LogP contribution in [0.1, 0.15) is 32.1 Å². The number of rotatable bonds is 3. The van der Waals surface area contributed by atoms with E-state index < -0.39 is 11.6 Å². The van der Waals surface area contributed by atoms with Crippen LogP contribution in [0.25, 0.3) is 0 Å². The second kappa shape index (κ2) is 5.14. The first-order valence-corrected chi connectivity index (χ1v) is 6.55. The van der Waals surface area contributed by atoms with Gasteiger partial charge >= 0.3 is 6.03 Å². The van der Waals surface area contributed by atoms with E-state index in [2.05, 4.69) is 5.32 Å². The summed E-state index contributed by atoms with van der Waals surface area (Å²) in [6.45, 7) is 1.33. The predicted octanol–water partition coefficient (Wildman–Crippen LogP) is -0.192. The number of hydrogen-bond acceptors (Lipinski definition) is 3. The van der Waals surface area contributed by atoms with Crippen molar-refractivity contribution in [1.29, 1.82) is 0 Å². The first-order valence-electron chi connectivity index (χ1n) is 6.55. The van der Waals surface area contributed by atoms with E-state index in [0.29, 0.717) is 19.6 Å². The molecule has 1 aliphatic heterocycles. The number of aliphatic hydroxyl groups is 1. The van der Waals surface area contributed by atoms with Crippen LogP contribution in [0, 0.1) is 5.92 Å². The molecule has 3 amide bonds. The second-order valence-electron chi connectivity index (χ2n) is 5.42. The third-order valence-corrected chi connectivity index (χ3v) is 3.98. The van der Waals surface area contributed by atoms with Crippen LogP contribution in [0.5, 0.6) is 0 Å². The summed E-state index contributed by atoms with van der Waals surface area (Å²) >= 11 is 0. The Morgan fingerprint density at radius 3 is 2.67 bits per heavy atom. The summed E-state index contributed by atoms with van der Waals surface area (Å²) < 4.78 is 0. The highest BCUT2D eigenvalue weighted by Gasteiger charge is 2.35. The Bertz CT molecular complexity index is 341. The number of nitrogens with one attached hydrogen (secondary N) is 1. The fraction of sp³-hybridized carbons (Fsp3) is 0.833. The lowest BCUT2D eigenvalue weighted by molar-refractivity contribution is -0.128. The highest BCUT2D eigenvalue weighted by Crippen LogP contribution is 2.30. The minimum Gasteiger partial charge on any atom is -0.388 e. The topological polar surface area (TPSA) is 95.7 Å². The Labute approximate surface area is 107 Å². The standard InChI is InChI=1S/C12H21N3O3/c13-11(17)15-6-1-3-9(7-15)10(16)14-8-12(18)4-2-5-12/h9,18H,1-8H2,(H2,13,17)(H,14,16). The number of likely N-dealkylation sites (tertiary alicyclic amines) is 1. The van der Waals surface area contributed by atoms with Gasteiger partial charge in [-0.2, -0.15) is 0 Å². The Hall–Kier alpha value is -1.30. The van der Waals surface area contributed by atoms with Gasteiger partial charge in [-0.3, -0.25) is 4.79 Å². The van der Waals surface area contributed by atoms with Crippen LogP contribution in [0.15, 0.2) is 0 Å². The van der Waals surface area contributed by atoms with E-state index in [0.717, 1.165) is 32.1 Å². The molecule has 0 aromatic carbocycles. The van der Waals surface area contributed by atoms with Gasteiger partial charge in [-0.25, -0.2) is 4.79 Å². The van der Waals surface area contributed by atoms with E-state index in [1.54, 1.807) is 0 Å². The summed E-state index contributed by atoms with van der Waals surface area (Å²) in [5.74, 6) is -0.281. The van der Waals surface area contributed by atoms with Gasteiger partial charge in [-0.15, -0.1) is 0 Å². The maximum absolute atomic E-state index is 12.0. The molecular weight excluding hydrogens is 234 g/mol. The molecule has 0 spiro atoms. The molecule has 102 valence electrons. The first kappa shape index (κ1) is 13.1. The van der Waals surface area contributed by atoms with E-state index in [-0.39, 0.29) is 11.8 Å². The maximum Gasteiger partial charge on any atom is 0.314 e. The molecule has 18 heavy (non-hydrogen) atoms. The van der Waals surface area contributed by atoms with E-state index in [4.69, 9.17) is 5.73 Å². The molecule has 1 atom stereocenters. The average Bonchev–Trinajstić information content (AvgIpc) is 2.33. The summed E-state index contributed by atoms with van der Waals surface area (Å²) in [4.78, 5) is 24.5. The number of carbonyl (C=O) groups excluding carboxylic acids is 2. The molecule has 1 saturated carbocycles. The number of hydrogen-bond donors (Lipinski definition) is 3. The van der Waals surface area contributed by atoms with Gasteiger partial charge < -0.3 is 21.1 Å². The zero-order valence-corrected chi connectivity index (χ0v) is 10.5. The van der Waals surface area contributed by atoms with Crippen molar-refractivity contribution in [3.8, 4) is 0 Å². The lowest BCUT2D eigenvalue weighted by atomic mass is 9.80. The van der Waals surface area contributed by atoms with Crippen LogP contribution < -0.4 is 11.1 Å². The Kier molecular flexibility index (Phi) is 3.75. The van der Waals surface area contributed by atoms with Gasteiger partial charge in [-0.1, -0.05) is 0 Å². The minimum absolute atomic E-state index is 0.0822. The van der Waals surface area contributed by atoms with Gasteiger partial charge in [0.2, 0.25) is 5.91 Å². The molecule has 2 aliphatic rings. The summed E-state index contributed by atoms with van der Waals surface area (Å²) in [6, 6.07) is -0.467. The fourth-order valence-corrected chi connectivity index (χ4v) is 2.55. The third kappa shape index (κ3) is 2.93. The van der Waals surface area contributed by atoms with E-state index in [1.807, 2.05) is 0 Å². The molecule has 4 N–H and O–H groups in total. The fourth-order valence-electron chi connectivity index (χ4n) is 2.55. The quantitative estimate of drug-likeness (QED) is 0.652. The number of piperidine rings is 1. The first-order chi connectivity index (χ1) is 8.50. The molecule has 1 heterocycles. The molecule has 0 bridgehead atoms. The largest absolute Gasteiger partial charge is 0.388 e. The minimum atomic E-state index is -0.701. The van der Waals surface area contributed by atoms with Crippen LogP contribution in [-0.4, -0.2) is 47.2 Å².